The zero-order chi connectivity index (χ0) is 11.0. The molecule has 15 heavy (non-hydrogen) atoms. The van der Waals surface area contributed by atoms with E-state index in [2.05, 4.69) is 15.1 Å². The number of nitrogens with one attached hydrogen (secondary N) is 1. The second-order valence-corrected chi connectivity index (χ2v) is 3.95. The molecule has 0 unspecified atom stereocenters. The van der Waals surface area contributed by atoms with Crippen molar-refractivity contribution in [3.63, 3.8) is 0 Å². The normalized spacial score (nSPS) is 10.6. The van der Waals surface area contributed by atoms with E-state index in [-0.39, 0.29) is 0 Å². The van der Waals surface area contributed by atoms with Crippen LogP contribution < -0.4 is 0 Å². The average Bonchev–Trinajstić information content (AvgIpc) is 2.43. The molecular formula is C10H12N4S. The second kappa shape index (κ2) is 3.58. The second-order valence-electron chi connectivity index (χ2n) is 3.53. The van der Waals surface area contributed by atoms with Crippen molar-refractivity contribution < 1.29 is 0 Å². The smallest absolute Gasteiger partial charge is 0.156 e. The number of hydrogen-bond donors (Lipinski definition) is 1. The van der Waals surface area contributed by atoms with Crippen molar-refractivity contribution in [1.82, 2.24) is 19.7 Å². The monoisotopic (exact) mass is 220 g/mol. The molecule has 2 aromatic rings. The van der Waals surface area contributed by atoms with E-state index >= 15 is 0 Å². The molecule has 5 heteroatoms. The van der Waals surface area contributed by atoms with Crippen molar-refractivity contribution in [3.8, 4) is 5.82 Å². The quantitative estimate of drug-likeness (QED) is 0.750. The van der Waals surface area contributed by atoms with Gasteiger partial charge in [0.15, 0.2) is 5.82 Å². The summed E-state index contributed by atoms with van der Waals surface area (Å²) in [4.78, 5) is 8.56. The fourth-order valence-electron chi connectivity index (χ4n) is 1.50. The van der Waals surface area contributed by atoms with Gasteiger partial charge in [0.25, 0.3) is 0 Å². The van der Waals surface area contributed by atoms with Gasteiger partial charge in [-0.15, -0.1) is 0 Å². The lowest BCUT2D eigenvalue weighted by Gasteiger charge is -2.03. The minimum absolute atomic E-state index is 0.727. The van der Waals surface area contributed by atoms with E-state index in [4.69, 9.17) is 12.2 Å². The topological polar surface area (TPSA) is 46.5 Å². The van der Waals surface area contributed by atoms with Gasteiger partial charge in [0.1, 0.15) is 10.5 Å². The molecule has 0 saturated heterocycles. The first-order valence-electron chi connectivity index (χ1n) is 4.67. The van der Waals surface area contributed by atoms with Crippen LogP contribution in [0.15, 0.2) is 12.1 Å². The molecule has 2 aromatic heterocycles. The van der Waals surface area contributed by atoms with E-state index in [0.717, 1.165) is 27.7 Å². The number of aromatic amines is 1. The summed E-state index contributed by atoms with van der Waals surface area (Å²) in [5.74, 6) is 1.54. The Labute approximate surface area is 93.0 Å². The number of aryl methyl sites for hydroxylation is 3. The zero-order valence-electron chi connectivity index (χ0n) is 8.90. The van der Waals surface area contributed by atoms with Crippen molar-refractivity contribution in [2.24, 2.45) is 0 Å². The summed E-state index contributed by atoms with van der Waals surface area (Å²) in [5, 5.41) is 3.14. The van der Waals surface area contributed by atoms with Gasteiger partial charge in [-0.25, -0.2) is 14.6 Å². The molecule has 0 bridgehead atoms. The van der Waals surface area contributed by atoms with Gasteiger partial charge < -0.3 is 0 Å². The van der Waals surface area contributed by atoms with Crippen LogP contribution in [0.4, 0.5) is 0 Å². The third-order valence-corrected chi connectivity index (χ3v) is 2.33. The van der Waals surface area contributed by atoms with Crippen LogP contribution in [0.2, 0.25) is 0 Å². The van der Waals surface area contributed by atoms with Crippen LogP contribution in [0.5, 0.6) is 0 Å². The molecule has 4 nitrogen and oxygen atoms in total. The maximum Gasteiger partial charge on any atom is 0.156 e. The molecule has 0 radical (unpaired) electrons. The maximum absolute atomic E-state index is 5.21. The van der Waals surface area contributed by atoms with Crippen LogP contribution in [-0.2, 0) is 0 Å². The fraction of sp³-hybridized carbons (Fsp3) is 0.300. The van der Waals surface area contributed by atoms with E-state index in [9.17, 15) is 0 Å². The molecule has 0 aliphatic carbocycles. The van der Waals surface area contributed by atoms with Crippen LogP contribution in [-0.4, -0.2) is 19.7 Å². The van der Waals surface area contributed by atoms with Gasteiger partial charge in [0.2, 0.25) is 0 Å². The number of hydrogen-bond acceptors (Lipinski definition) is 3. The Balaban J connectivity index is 2.63. The molecule has 78 valence electrons. The van der Waals surface area contributed by atoms with Crippen molar-refractivity contribution >= 4 is 12.2 Å². The minimum Gasteiger partial charge on any atom is -0.296 e. The van der Waals surface area contributed by atoms with Crippen LogP contribution in [0.25, 0.3) is 5.82 Å². The summed E-state index contributed by atoms with van der Waals surface area (Å²) in [5.41, 5.74) is 1.96. The van der Waals surface area contributed by atoms with Gasteiger partial charge >= 0.3 is 0 Å². The Bertz CT molecular complexity index is 533. The van der Waals surface area contributed by atoms with Crippen molar-refractivity contribution in [2.45, 2.75) is 20.8 Å². The molecule has 0 spiro atoms. The largest absolute Gasteiger partial charge is 0.296 e. The maximum atomic E-state index is 5.21. The summed E-state index contributed by atoms with van der Waals surface area (Å²) in [6, 6.07) is 3.81. The Morgan fingerprint density at radius 1 is 1.20 bits per heavy atom. The lowest BCUT2D eigenvalue weighted by molar-refractivity contribution is 0.803. The van der Waals surface area contributed by atoms with E-state index in [1.165, 1.54) is 0 Å². The van der Waals surface area contributed by atoms with Gasteiger partial charge in [-0.05, 0) is 26.8 Å². The number of nitrogens with zero attached hydrogens (tertiary/aromatic N) is 3. The third-order valence-electron chi connectivity index (χ3n) is 2.03. The van der Waals surface area contributed by atoms with Gasteiger partial charge in [0, 0.05) is 17.5 Å². The summed E-state index contributed by atoms with van der Waals surface area (Å²) in [6.07, 6.45) is 0. The standard InChI is InChI=1S/C10H12N4S/c1-6-4-9(12-8(3)11-6)14-10(15)5-7(2)13-14/h4-5,13H,1-3H3. The first-order valence-corrected chi connectivity index (χ1v) is 5.08. The Kier molecular flexibility index (Phi) is 2.40. The number of aromatic nitrogens is 4. The van der Waals surface area contributed by atoms with Gasteiger partial charge in [0.05, 0.1) is 0 Å². The van der Waals surface area contributed by atoms with Gasteiger partial charge in [-0.2, -0.15) is 0 Å². The highest BCUT2D eigenvalue weighted by atomic mass is 32.1. The van der Waals surface area contributed by atoms with Crippen LogP contribution in [0.1, 0.15) is 17.2 Å². The molecule has 0 fully saturated rings. The van der Waals surface area contributed by atoms with Crippen LogP contribution in [0, 0.1) is 25.4 Å². The highest BCUT2D eigenvalue weighted by molar-refractivity contribution is 7.71. The summed E-state index contributed by atoms with van der Waals surface area (Å²) >= 11 is 5.21. The Morgan fingerprint density at radius 3 is 2.47 bits per heavy atom. The molecule has 0 amide bonds. The molecule has 2 heterocycles. The molecule has 1 N–H and O–H groups in total. The van der Waals surface area contributed by atoms with Crippen LogP contribution in [0.3, 0.4) is 0 Å². The summed E-state index contributed by atoms with van der Waals surface area (Å²) < 4.78 is 2.51. The minimum atomic E-state index is 0.727. The van der Waals surface area contributed by atoms with E-state index in [1.807, 2.05) is 32.9 Å². The predicted octanol–water partition coefficient (Wildman–Crippen LogP) is 2.25. The van der Waals surface area contributed by atoms with Crippen LogP contribution >= 0.6 is 12.2 Å². The molecule has 0 aliphatic rings. The van der Waals surface area contributed by atoms with E-state index in [1.54, 1.807) is 4.68 Å². The van der Waals surface area contributed by atoms with Gasteiger partial charge in [-0.3, -0.25) is 5.10 Å². The molecule has 0 aliphatic heterocycles. The highest BCUT2D eigenvalue weighted by Crippen LogP contribution is 2.08. The average molecular weight is 220 g/mol. The Hall–Kier alpha value is -1.49. The Morgan fingerprint density at radius 2 is 1.93 bits per heavy atom. The third kappa shape index (κ3) is 1.97. The molecular weight excluding hydrogens is 208 g/mol. The lowest BCUT2D eigenvalue weighted by Crippen LogP contribution is -2.03. The van der Waals surface area contributed by atoms with E-state index < -0.39 is 0 Å². The SMILES string of the molecule is Cc1cc(-n2[nH]c(C)cc2=S)nc(C)n1. The highest BCUT2D eigenvalue weighted by Gasteiger charge is 2.03. The summed E-state index contributed by atoms with van der Waals surface area (Å²) in [7, 11) is 0. The first-order chi connectivity index (χ1) is 7.06. The fourth-order valence-corrected chi connectivity index (χ4v) is 1.81. The van der Waals surface area contributed by atoms with Gasteiger partial charge in [-0.1, -0.05) is 12.2 Å². The first kappa shape index (κ1) is 10.0. The van der Waals surface area contributed by atoms with Crippen molar-refractivity contribution in [2.75, 3.05) is 0 Å². The lowest BCUT2D eigenvalue weighted by atomic mass is 10.4. The number of H-pyrrole nitrogens is 1. The van der Waals surface area contributed by atoms with Crippen molar-refractivity contribution in [3.05, 3.63) is 34.0 Å². The van der Waals surface area contributed by atoms with Crippen molar-refractivity contribution in [1.29, 1.82) is 0 Å². The predicted molar refractivity (Wildman–Crippen MR) is 60.8 cm³/mol. The molecule has 0 aromatic carbocycles. The summed E-state index contributed by atoms with van der Waals surface area (Å²) in [6.45, 7) is 5.78. The number of rotatable bonds is 1. The van der Waals surface area contributed by atoms with E-state index in [0.29, 0.717) is 0 Å². The molecule has 2 rings (SSSR count). The zero-order valence-corrected chi connectivity index (χ0v) is 9.72. The molecule has 0 atom stereocenters. The molecule has 0 saturated carbocycles.